The molecule has 178 valence electrons. The molecule has 0 fully saturated rings. The monoisotopic (exact) mass is 531 g/mol. The van der Waals surface area contributed by atoms with Crippen LogP contribution >= 0.6 is 46.6 Å². The Bertz CT molecular complexity index is 1170. The molecule has 0 aliphatic rings. The first-order valence-corrected chi connectivity index (χ1v) is 13.6. The third-order valence-corrected chi connectivity index (χ3v) is 7.10. The molecular formula is C23H26ClN7S3. The predicted molar refractivity (Wildman–Crippen MR) is 147 cm³/mol. The maximum Gasteiger partial charge on any atom is 0.189 e. The van der Waals surface area contributed by atoms with Crippen molar-refractivity contribution in [2.45, 2.75) is 23.5 Å². The van der Waals surface area contributed by atoms with Crippen molar-refractivity contribution < 1.29 is 0 Å². The number of thioether (sulfide) groups is 1. The molecule has 3 heterocycles. The number of aromatic nitrogens is 4. The zero-order valence-electron chi connectivity index (χ0n) is 19.3. The SMILES string of the molecule is CNSc1ccccc1.CNc1nc(SC)ncc1CNc1nc(C)c(-c2ccc(Cl)nc2)s1. The van der Waals surface area contributed by atoms with E-state index in [-0.39, 0.29) is 0 Å². The van der Waals surface area contributed by atoms with Crippen LogP contribution in [-0.4, -0.2) is 40.3 Å². The Morgan fingerprint density at radius 3 is 2.44 bits per heavy atom. The van der Waals surface area contributed by atoms with E-state index in [4.69, 9.17) is 11.6 Å². The lowest BCUT2D eigenvalue weighted by atomic mass is 10.2. The molecule has 4 rings (SSSR count). The molecule has 0 atom stereocenters. The number of hydrogen-bond donors (Lipinski definition) is 3. The molecule has 0 amide bonds. The molecule has 0 unspecified atom stereocenters. The summed E-state index contributed by atoms with van der Waals surface area (Å²) in [6.45, 7) is 2.58. The third kappa shape index (κ3) is 7.57. The molecule has 0 saturated heterocycles. The van der Waals surface area contributed by atoms with Gasteiger partial charge in [-0.1, -0.05) is 52.9 Å². The summed E-state index contributed by atoms with van der Waals surface area (Å²) in [7, 11) is 3.77. The van der Waals surface area contributed by atoms with Crippen LogP contribution in [0.2, 0.25) is 5.15 Å². The largest absolute Gasteiger partial charge is 0.373 e. The quantitative estimate of drug-likeness (QED) is 0.106. The molecule has 11 heteroatoms. The number of pyridine rings is 1. The van der Waals surface area contributed by atoms with Gasteiger partial charge in [-0.15, -0.1) is 0 Å². The van der Waals surface area contributed by atoms with Crippen LogP contribution in [0.5, 0.6) is 0 Å². The number of halogens is 1. The molecule has 0 bridgehead atoms. The average Bonchev–Trinajstić information content (AvgIpc) is 3.24. The van der Waals surface area contributed by atoms with Gasteiger partial charge in [-0.05, 0) is 56.4 Å². The van der Waals surface area contributed by atoms with Crippen molar-refractivity contribution in [3.05, 3.63) is 71.3 Å². The van der Waals surface area contributed by atoms with Gasteiger partial charge < -0.3 is 10.6 Å². The molecular weight excluding hydrogens is 506 g/mol. The van der Waals surface area contributed by atoms with Gasteiger partial charge in [0.25, 0.3) is 0 Å². The van der Waals surface area contributed by atoms with Gasteiger partial charge in [0.1, 0.15) is 11.0 Å². The van der Waals surface area contributed by atoms with Crippen LogP contribution in [0.3, 0.4) is 0 Å². The Labute approximate surface area is 217 Å². The van der Waals surface area contributed by atoms with Crippen LogP contribution in [0.25, 0.3) is 10.4 Å². The fourth-order valence-corrected chi connectivity index (χ4v) is 4.80. The molecule has 34 heavy (non-hydrogen) atoms. The molecule has 0 aliphatic carbocycles. The van der Waals surface area contributed by atoms with Crippen molar-refractivity contribution in [1.29, 1.82) is 0 Å². The minimum Gasteiger partial charge on any atom is -0.373 e. The number of benzene rings is 1. The zero-order chi connectivity index (χ0) is 24.3. The van der Waals surface area contributed by atoms with E-state index in [1.165, 1.54) is 16.7 Å². The fourth-order valence-electron chi connectivity index (χ4n) is 2.86. The molecule has 7 nitrogen and oxygen atoms in total. The lowest BCUT2D eigenvalue weighted by Gasteiger charge is -2.09. The second kappa shape index (κ2) is 13.5. The summed E-state index contributed by atoms with van der Waals surface area (Å²) in [6, 6.07) is 13.9. The van der Waals surface area contributed by atoms with Crippen LogP contribution < -0.4 is 15.4 Å². The summed E-state index contributed by atoms with van der Waals surface area (Å²) in [6.07, 6.45) is 5.56. The Kier molecular flexibility index (Phi) is 10.4. The third-order valence-electron chi connectivity index (χ3n) is 4.44. The topological polar surface area (TPSA) is 87.7 Å². The Hall–Kier alpha value is -2.37. The maximum atomic E-state index is 5.86. The van der Waals surface area contributed by atoms with Gasteiger partial charge >= 0.3 is 0 Å². The van der Waals surface area contributed by atoms with Gasteiger partial charge in [-0.25, -0.2) is 19.9 Å². The summed E-state index contributed by atoms with van der Waals surface area (Å²) in [5.74, 6) is 0.822. The van der Waals surface area contributed by atoms with E-state index in [1.54, 1.807) is 35.5 Å². The number of aryl methyl sites for hydroxylation is 1. The van der Waals surface area contributed by atoms with Gasteiger partial charge in [-0.2, -0.15) is 0 Å². The number of rotatable bonds is 8. The summed E-state index contributed by atoms with van der Waals surface area (Å²) in [4.78, 5) is 19.9. The first kappa shape index (κ1) is 26.2. The average molecular weight is 532 g/mol. The van der Waals surface area contributed by atoms with Crippen LogP contribution in [0, 0.1) is 6.92 Å². The lowest BCUT2D eigenvalue weighted by molar-refractivity contribution is 0.933. The Morgan fingerprint density at radius 1 is 1.00 bits per heavy atom. The number of nitrogens with one attached hydrogen (secondary N) is 3. The summed E-state index contributed by atoms with van der Waals surface area (Å²) in [5.41, 5.74) is 2.96. The number of nitrogens with zero attached hydrogens (tertiary/aromatic N) is 4. The highest BCUT2D eigenvalue weighted by atomic mass is 35.5. The summed E-state index contributed by atoms with van der Waals surface area (Å²) >= 11 is 10.6. The van der Waals surface area contributed by atoms with Crippen molar-refractivity contribution in [2.75, 3.05) is 31.0 Å². The van der Waals surface area contributed by atoms with Gasteiger partial charge in [0.15, 0.2) is 10.3 Å². The Morgan fingerprint density at radius 2 is 1.79 bits per heavy atom. The molecule has 0 radical (unpaired) electrons. The smallest absolute Gasteiger partial charge is 0.189 e. The molecule has 4 aromatic rings. The zero-order valence-corrected chi connectivity index (χ0v) is 22.5. The minimum absolute atomic E-state index is 0.484. The van der Waals surface area contributed by atoms with Crippen molar-refractivity contribution in [3.8, 4) is 10.4 Å². The van der Waals surface area contributed by atoms with Crippen LogP contribution in [0.15, 0.2) is 64.9 Å². The molecule has 0 spiro atoms. The Balaban J connectivity index is 0.000000302. The molecule has 3 aromatic heterocycles. The van der Waals surface area contributed by atoms with Gasteiger partial charge in [0.2, 0.25) is 0 Å². The minimum atomic E-state index is 0.484. The van der Waals surface area contributed by atoms with Gasteiger partial charge in [0, 0.05) is 42.0 Å². The van der Waals surface area contributed by atoms with E-state index in [0.29, 0.717) is 11.7 Å². The van der Waals surface area contributed by atoms with Gasteiger partial charge in [0.05, 0.1) is 10.6 Å². The second-order valence-electron chi connectivity index (χ2n) is 6.76. The molecule has 1 aromatic carbocycles. The van der Waals surface area contributed by atoms with Crippen molar-refractivity contribution >= 4 is 57.6 Å². The summed E-state index contributed by atoms with van der Waals surface area (Å²) in [5, 5.41) is 8.54. The number of hydrogen-bond acceptors (Lipinski definition) is 10. The maximum absolute atomic E-state index is 5.86. The summed E-state index contributed by atoms with van der Waals surface area (Å²) < 4.78 is 3.00. The van der Waals surface area contributed by atoms with Crippen LogP contribution in [0.1, 0.15) is 11.3 Å². The van der Waals surface area contributed by atoms with Crippen molar-refractivity contribution in [3.63, 3.8) is 0 Å². The standard InChI is InChI=1S/C16H17ClN6S2.C7H9NS/c1-9-13(10-4-5-12(17)19-6-10)25-16(22-9)21-8-11-7-20-15(24-3)23-14(11)18-2;1-8-9-7-5-3-2-4-6-7/h4-7H,8H2,1-3H3,(H,21,22)(H,18,20,23);2-6,8H,1H3. The van der Waals surface area contributed by atoms with Crippen molar-refractivity contribution in [1.82, 2.24) is 24.7 Å². The van der Waals surface area contributed by atoms with Crippen LogP contribution in [-0.2, 0) is 6.54 Å². The molecule has 3 N–H and O–H groups in total. The molecule has 0 saturated carbocycles. The van der Waals surface area contributed by atoms with E-state index < -0.39 is 0 Å². The van der Waals surface area contributed by atoms with Crippen LogP contribution in [0.4, 0.5) is 10.9 Å². The highest BCUT2D eigenvalue weighted by molar-refractivity contribution is 7.98. The van der Waals surface area contributed by atoms with E-state index >= 15 is 0 Å². The van der Waals surface area contributed by atoms with E-state index in [1.807, 2.05) is 57.7 Å². The van der Waals surface area contributed by atoms with Crippen molar-refractivity contribution in [2.24, 2.45) is 0 Å². The van der Waals surface area contributed by atoms with E-state index in [2.05, 4.69) is 47.4 Å². The predicted octanol–water partition coefficient (Wildman–Crippen LogP) is 6.25. The first-order chi connectivity index (χ1) is 16.5. The lowest BCUT2D eigenvalue weighted by Crippen LogP contribution is -2.06. The number of thiazole rings is 1. The highest BCUT2D eigenvalue weighted by Crippen LogP contribution is 2.33. The van der Waals surface area contributed by atoms with E-state index in [9.17, 15) is 0 Å². The van der Waals surface area contributed by atoms with E-state index in [0.717, 1.165) is 37.8 Å². The number of anilines is 2. The van der Waals surface area contributed by atoms with Gasteiger partial charge in [-0.3, -0.25) is 4.72 Å². The fraction of sp³-hybridized carbons (Fsp3) is 0.217. The second-order valence-corrected chi connectivity index (χ2v) is 10.00. The molecule has 0 aliphatic heterocycles. The normalized spacial score (nSPS) is 10.4. The first-order valence-electron chi connectivity index (χ1n) is 10.3. The highest BCUT2D eigenvalue weighted by Gasteiger charge is 2.11.